The topological polar surface area (TPSA) is 63.7 Å². The van der Waals surface area contributed by atoms with Crippen LogP contribution < -0.4 is 0 Å². The van der Waals surface area contributed by atoms with Gasteiger partial charge in [0, 0.05) is 0 Å². The molecule has 1 atom stereocenters. The van der Waals surface area contributed by atoms with E-state index < -0.39 is 22.2 Å². The summed E-state index contributed by atoms with van der Waals surface area (Å²) in [6.45, 7) is 5.37. The first-order valence-electron chi connectivity index (χ1n) is 5.37. The lowest BCUT2D eigenvalue weighted by atomic mass is 10.2. The minimum atomic E-state index is -3.88. The van der Waals surface area contributed by atoms with E-state index in [9.17, 15) is 13.2 Å². The molecule has 1 heterocycles. The van der Waals surface area contributed by atoms with Crippen molar-refractivity contribution in [3.8, 4) is 0 Å². The Kier molecular flexibility index (Phi) is 3.13. The molecule has 1 aliphatic rings. The summed E-state index contributed by atoms with van der Waals surface area (Å²) in [6, 6.07) is 5.64. The molecule has 1 aromatic rings. The van der Waals surface area contributed by atoms with Gasteiger partial charge in [-0.3, -0.25) is 0 Å². The van der Waals surface area contributed by atoms with Crippen LogP contribution in [0.2, 0.25) is 0 Å². The number of carbonyl (C=O) groups excluding carboxylic acids is 1. The molecule has 0 radical (unpaired) electrons. The number of nitrogens with zero attached hydrogens (tertiary/aromatic N) is 1. The van der Waals surface area contributed by atoms with Crippen LogP contribution in [0.5, 0.6) is 0 Å². The van der Waals surface area contributed by atoms with Crippen molar-refractivity contribution < 1.29 is 17.9 Å². The third kappa shape index (κ3) is 1.99. The van der Waals surface area contributed by atoms with Gasteiger partial charge in [0.25, 0.3) is 10.0 Å². The molecule has 0 aliphatic carbocycles. The van der Waals surface area contributed by atoms with Gasteiger partial charge in [-0.15, -0.1) is 6.58 Å². The van der Waals surface area contributed by atoms with Gasteiger partial charge >= 0.3 is 6.09 Å². The van der Waals surface area contributed by atoms with Crippen LogP contribution in [0.1, 0.15) is 5.56 Å². The predicted molar refractivity (Wildman–Crippen MR) is 65.5 cm³/mol. The van der Waals surface area contributed by atoms with E-state index in [1.807, 2.05) is 6.92 Å². The highest BCUT2D eigenvalue weighted by molar-refractivity contribution is 7.89. The largest absolute Gasteiger partial charge is 0.446 e. The molecule has 1 fully saturated rings. The summed E-state index contributed by atoms with van der Waals surface area (Å²) >= 11 is 0. The van der Waals surface area contributed by atoms with Gasteiger partial charge < -0.3 is 4.74 Å². The zero-order valence-corrected chi connectivity index (χ0v) is 10.7. The first kappa shape index (κ1) is 12.6. The van der Waals surface area contributed by atoms with Gasteiger partial charge in [-0.1, -0.05) is 23.8 Å². The Bertz CT molecular complexity index is 577. The average molecular weight is 267 g/mol. The zero-order chi connectivity index (χ0) is 13.3. The van der Waals surface area contributed by atoms with Gasteiger partial charge in [0.1, 0.15) is 12.6 Å². The second-order valence-electron chi connectivity index (χ2n) is 3.99. The number of aryl methyl sites for hydroxylation is 1. The highest BCUT2D eigenvalue weighted by Gasteiger charge is 2.41. The number of ether oxygens (including phenoxy) is 1. The molecule has 0 N–H and O–H groups in total. The van der Waals surface area contributed by atoms with Crippen LogP contribution in [0, 0.1) is 6.92 Å². The van der Waals surface area contributed by atoms with Crippen LogP contribution in [0.4, 0.5) is 4.79 Å². The third-order valence-electron chi connectivity index (χ3n) is 2.71. The standard InChI is InChI=1S/C12H13NO4S/c1-3-10-8-17-12(14)13(10)18(15,16)11-6-4-9(2)5-7-11/h3-7,10H,1,8H2,2H3/t10-/m0/s1. The van der Waals surface area contributed by atoms with Crippen molar-refractivity contribution in [3.63, 3.8) is 0 Å². The fourth-order valence-corrected chi connectivity index (χ4v) is 3.15. The second kappa shape index (κ2) is 4.45. The Labute approximate surface area is 106 Å². The number of rotatable bonds is 3. The maximum atomic E-state index is 12.3. The first-order chi connectivity index (χ1) is 8.46. The summed E-state index contributed by atoms with van der Waals surface area (Å²) in [5.41, 5.74) is 0.943. The predicted octanol–water partition coefficient (Wildman–Crippen LogP) is 1.69. The smallest absolute Gasteiger partial charge is 0.424 e. The van der Waals surface area contributed by atoms with Crippen LogP contribution >= 0.6 is 0 Å². The Hall–Kier alpha value is -1.82. The van der Waals surface area contributed by atoms with Gasteiger partial charge in [0.2, 0.25) is 0 Å². The molecule has 1 aromatic carbocycles. The van der Waals surface area contributed by atoms with E-state index in [1.54, 1.807) is 12.1 Å². The summed E-state index contributed by atoms with van der Waals surface area (Å²) in [5, 5.41) is 0. The summed E-state index contributed by atoms with van der Waals surface area (Å²) in [6.07, 6.45) is 0.525. The molecular weight excluding hydrogens is 254 g/mol. The monoisotopic (exact) mass is 267 g/mol. The van der Waals surface area contributed by atoms with Crippen LogP contribution in [-0.4, -0.2) is 31.5 Å². The zero-order valence-electron chi connectivity index (χ0n) is 9.87. The maximum Gasteiger partial charge on any atom is 0.424 e. The second-order valence-corrected chi connectivity index (χ2v) is 5.81. The molecule has 5 nitrogen and oxygen atoms in total. The van der Waals surface area contributed by atoms with Gasteiger partial charge in [-0.25, -0.2) is 13.2 Å². The van der Waals surface area contributed by atoms with Crippen molar-refractivity contribution in [1.82, 2.24) is 4.31 Å². The third-order valence-corrected chi connectivity index (χ3v) is 4.51. The number of hydrogen-bond donors (Lipinski definition) is 0. The molecule has 1 aliphatic heterocycles. The van der Waals surface area contributed by atoms with Crippen molar-refractivity contribution in [2.24, 2.45) is 0 Å². The number of carbonyl (C=O) groups is 1. The molecule has 2 rings (SSSR count). The summed E-state index contributed by atoms with van der Waals surface area (Å²) < 4.78 is 30.1. The Morgan fingerprint density at radius 1 is 1.39 bits per heavy atom. The van der Waals surface area contributed by atoms with E-state index in [0.717, 1.165) is 9.87 Å². The quantitative estimate of drug-likeness (QED) is 0.782. The van der Waals surface area contributed by atoms with Gasteiger partial charge in [-0.2, -0.15) is 4.31 Å². The van der Waals surface area contributed by atoms with Gasteiger partial charge in [0.15, 0.2) is 0 Å². The van der Waals surface area contributed by atoms with Crippen molar-refractivity contribution in [3.05, 3.63) is 42.5 Å². The van der Waals surface area contributed by atoms with E-state index >= 15 is 0 Å². The van der Waals surface area contributed by atoms with Crippen LogP contribution in [0.3, 0.4) is 0 Å². The number of cyclic esters (lactones) is 1. The van der Waals surface area contributed by atoms with Crippen LogP contribution in [-0.2, 0) is 14.8 Å². The lowest BCUT2D eigenvalue weighted by Gasteiger charge is -2.18. The molecule has 1 saturated heterocycles. The lowest BCUT2D eigenvalue weighted by molar-refractivity contribution is 0.170. The fourth-order valence-electron chi connectivity index (χ4n) is 1.69. The highest BCUT2D eigenvalue weighted by Crippen LogP contribution is 2.24. The molecule has 0 saturated carbocycles. The van der Waals surface area contributed by atoms with Crippen LogP contribution in [0.25, 0.3) is 0 Å². The molecule has 18 heavy (non-hydrogen) atoms. The number of hydrogen-bond acceptors (Lipinski definition) is 4. The SMILES string of the molecule is C=C[C@H]1COC(=O)N1S(=O)(=O)c1ccc(C)cc1. The highest BCUT2D eigenvalue weighted by atomic mass is 32.2. The van der Waals surface area contributed by atoms with Crippen LogP contribution in [0.15, 0.2) is 41.8 Å². The van der Waals surface area contributed by atoms with Crippen molar-refractivity contribution in [2.45, 2.75) is 17.9 Å². The van der Waals surface area contributed by atoms with E-state index in [0.29, 0.717) is 0 Å². The minimum Gasteiger partial charge on any atom is -0.446 e. The number of sulfonamides is 1. The molecule has 0 bridgehead atoms. The molecule has 1 amide bonds. The number of amides is 1. The Morgan fingerprint density at radius 2 is 2.00 bits per heavy atom. The number of benzene rings is 1. The summed E-state index contributed by atoms with van der Waals surface area (Å²) in [4.78, 5) is 11.6. The van der Waals surface area contributed by atoms with Crippen molar-refractivity contribution in [1.29, 1.82) is 0 Å². The Morgan fingerprint density at radius 3 is 2.56 bits per heavy atom. The van der Waals surface area contributed by atoms with E-state index in [2.05, 4.69) is 6.58 Å². The lowest BCUT2D eigenvalue weighted by Crippen LogP contribution is -2.37. The fraction of sp³-hybridized carbons (Fsp3) is 0.250. The molecule has 0 spiro atoms. The van der Waals surface area contributed by atoms with E-state index in [-0.39, 0.29) is 11.5 Å². The maximum absolute atomic E-state index is 12.3. The Balaban J connectivity index is 2.44. The van der Waals surface area contributed by atoms with Crippen molar-refractivity contribution in [2.75, 3.05) is 6.61 Å². The van der Waals surface area contributed by atoms with E-state index in [1.165, 1.54) is 18.2 Å². The molecule has 96 valence electrons. The molecular formula is C12H13NO4S. The minimum absolute atomic E-state index is 0.00737. The molecule has 0 aromatic heterocycles. The summed E-state index contributed by atoms with van der Waals surface area (Å²) in [5.74, 6) is 0. The molecule has 0 unspecified atom stereocenters. The molecule has 6 heteroatoms. The van der Waals surface area contributed by atoms with E-state index in [4.69, 9.17) is 4.74 Å². The van der Waals surface area contributed by atoms with Crippen molar-refractivity contribution >= 4 is 16.1 Å². The first-order valence-corrected chi connectivity index (χ1v) is 6.81. The average Bonchev–Trinajstić information content (AvgIpc) is 2.71. The van der Waals surface area contributed by atoms with Gasteiger partial charge in [-0.05, 0) is 19.1 Å². The normalized spacial score (nSPS) is 19.7. The van der Waals surface area contributed by atoms with Gasteiger partial charge in [0.05, 0.1) is 4.90 Å². The summed E-state index contributed by atoms with van der Waals surface area (Å²) in [7, 11) is -3.88.